The summed E-state index contributed by atoms with van der Waals surface area (Å²) in [7, 11) is 0. The number of hydrogen-bond acceptors (Lipinski definition) is 4. The van der Waals surface area contributed by atoms with E-state index in [4.69, 9.17) is 4.74 Å². The number of rotatable bonds is 4. The van der Waals surface area contributed by atoms with Gasteiger partial charge in [-0.15, -0.1) is 11.7 Å². The minimum absolute atomic E-state index is 0.0264. The number of nitrogens with one attached hydrogen (secondary N) is 1. The van der Waals surface area contributed by atoms with Gasteiger partial charge in [-0.3, -0.25) is 5.32 Å². The van der Waals surface area contributed by atoms with E-state index in [0.29, 0.717) is 17.6 Å². The van der Waals surface area contributed by atoms with Crippen LogP contribution < -0.4 is 5.32 Å². The highest BCUT2D eigenvalue weighted by Crippen LogP contribution is 2.21. The summed E-state index contributed by atoms with van der Waals surface area (Å²) in [6.45, 7) is 5.93. The lowest BCUT2D eigenvalue weighted by molar-refractivity contribution is 0.168. The summed E-state index contributed by atoms with van der Waals surface area (Å²) in [6, 6.07) is 2.68. The maximum absolute atomic E-state index is 13.7. The van der Waals surface area contributed by atoms with Crippen LogP contribution in [0.25, 0.3) is 11.0 Å². The second kappa shape index (κ2) is 5.47. The van der Waals surface area contributed by atoms with Crippen molar-refractivity contribution in [2.75, 3.05) is 11.9 Å². The molecule has 2 aromatic rings. The van der Waals surface area contributed by atoms with E-state index in [1.54, 1.807) is 17.7 Å². The van der Waals surface area contributed by atoms with Gasteiger partial charge >= 0.3 is 6.09 Å². The van der Waals surface area contributed by atoms with E-state index >= 15 is 0 Å². The number of halogens is 1. The number of amides is 1. The maximum Gasteiger partial charge on any atom is 0.411 e. The Labute approximate surface area is 108 Å². The molecule has 1 aromatic heterocycles. The first kappa shape index (κ1) is 13.0. The number of carbonyl (C=O) groups is 1. The molecule has 0 fully saturated rings. The SMILES string of the molecule is C=CCn1nnc2cc(F)c(NC(=O)OCC)cc21. The third-order valence-corrected chi connectivity index (χ3v) is 2.42. The van der Waals surface area contributed by atoms with Gasteiger partial charge in [0.05, 0.1) is 24.4 Å². The normalized spacial score (nSPS) is 10.4. The number of nitrogens with zero attached hydrogens (tertiary/aromatic N) is 3. The Morgan fingerprint density at radius 1 is 1.63 bits per heavy atom. The fourth-order valence-corrected chi connectivity index (χ4v) is 1.62. The van der Waals surface area contributed by atoms with Gasteiger partial charge in [0.1, 0.15) is 11.3 Å². The largest absolute Gasteiger partial charge is 0.450 e. The second-order valence-corrected chi connectivity index (χ2v) is 3.73. The third-order valence-electron chi connectivity index (χ3n) is 2.42. The first-order valence-corrected chi connectivity index (χ1v) is 5.73. The van der Waals surface area contributed by atoms with Crippen LogP contribution >= 0.6 is 0 Å². The average molecular weight is 264 g/mol. The highest BCUT2D eigenvalue weighted by Gasteiger charge is 2.12. The van der Waals surface area contributed by atoms with Crippen molar-refractivity contribution in [3.05, 3.63) is 30.6 Å². The van der Waals surface area contributed by atoms with E-state index in [1.807, 2.05) is 0 Å². The molecule has 19 heavy (non-hydrogen) atoms. The number of ether oxygens (including phenoxy) is 1. The molecular formula is C12H13FN4O2. The van der Waals surface area contributed by atoms with Crippen molar-refractivity contribution in [1.29, 1.82) is 0 Å². The lowest BCUT2D eigenvalue weighted by Gasteiger charge is -2.06. The fraction of sp³-hybridized carbons (Fsp3) is 0.250. The average Bonchev–Trinajstić information content (AvgIpc) is 2.73. The Balaban J connectivity index is 2.37. The quantitative estimate of drug-likeness (QED) is 0.860. The van der Waals surface area contributed by atoms with Crippen molar-refractivity contribution in [2.45, 2.75) is 13.5 Å². The van der Waals surface area contributed by atoms with Crippen LogP contribution in [0, 0.1) is 5.82 Å². The van der Waals surface area contributed by atoms with Gasteiger partial charge in [0.2, 0.25) is 0 Å². The highest BCUT2D eigenvalue weighted by molar-refractivity contribution is 5.88. The van der Waals surface area contributed by atoms with Crippen LogP contribution in [0.3, 0.4) is 0 Å². The Hall–Kier alpha value is -2.44. The number of hydrogen-bond donors (Lipinski definition) is 1. The zero-order valence-corrected chi connectivity index (χ0v) is 10.4. The zero-order valence-electron chi connectivity index (χ0n) is 10.4. The minimum atomic E-state index is -0.705. The zero-order chi connectivity index (χ0) is 13.8. The molecule has 0 saturated heterocycles. The topological polar surface area (TPSA) is 69.0 Å². The highest BCUT2D eigenvalue weighted by atomic mass is 19.1. The summed E-state index contributed by atoms with van der Waals surface area (Å²) in [5, 5.41) is 10.0. The van der Waals surface area contributed by atoms with Gasteiger partial charge in [-0.25, -0.2) is 13.9 Å². The van der Waals surface area contributed by atoms with Crippen LogP contribution in [0.2, 0.25) is 0 Å². The van der Waals surface area contributed by atoms with Gasteiger partial charge in [0.15, 0.2) is 0 Å². The molecule has 0 bridgehead atoms. The van der Waals surface area contributed by atoms with Crippen molar-refractivity contribution in [3.63, 3.8) is 0 Å². The van der Waals surface area contributed by atoms with E-state index in [0.717, 1.165) is 0 Å². The van der Waals surface area contributed by atoms with Crippen LogP contribution in [-0.4, -0.2) is 27.7 Å². The summed E-state index contributed by atoms with van der Waals surface area (Å²) in [5.41, 5.74) is 1.04. The molecule has 0 atom stereocenters. The van der Waals surface area contributed by atoms with Crippen LogP contribution in [0.5, 0.6) is 0 Å². The van der Waals surface area contributed by atoms with E-state index in [-0.39, 0.29) is 12.3 Å². The molecule has 0 spiro atoms. The summed E-state index contributed by atoms with van der Waals surface area (Å²) >= 11 is 0. The molecule has 1 aromatic carbocycles. The minimum Gasteiger partial charge on any atom is -0.450 e. The van der Waals surface area contributed by atoms with Gasteiger partial charge in [0.25, 0.3) is 0 Å². The molecule has 7 heteroatoms. The molecule has 0 radical (unpaired) electrons. The predicted octanol–water partition coefficient (Wildman–Crippen LogP) is 2.32. The van der Waals surface area contributed by atoms with Gasteiger partial charge in [-0.2, -0.15) is 0 Å². The standard InChI is InChI=1S/C12H13FN4O2/c1-3-5-17-11-7-9(14-12(18)19-4-2)8(13)6-10(11)15-16-17/h3,6-7H,1,4-5H2,2H3,(H,14,18). The molecule has 2 rings (SSSR count). The van der Waals surface area contributed by atoms with Gasteiger partial charge in [0, 0.05) is 6.07 Å². The van der Waals surface area contributed by atoms with Crippen molar-refractivity contribution in [1.82, 2.24) is 15.0 Å². The van der Waals surface area contributed by atoms with E-state index < -0.39 is 11.9 Å². The van der Waals surface area contributed by atoms with Crippen LogP contribution in [0.1, 0.15) is 6.92 Å². The van der Waals surface area contributed by atoms with E-state index in [1.165, 1.54) is 12.1 Å². The fourth-order valence-electron chi connectivity index (χ4n) is 1.62. The third kappa shape index (κ3) is 2.70. The van der Waals surface area contributed by atoms with Crippen LogP contribution in [0.4, 0.5) is 14.9 Å². The molecule has 0 aliphatic heterocycles. The maximum atomic E-state index is 13.7. The van der Waals surface area contributed by atoms with Gasteiger partial charge < -0.3 is 4.74 Å². The number of anilines is 1. The lowest BCUT2D eigenvalue weighted by atomic mass is 10.2. The molecule has 6 nitrogen and oxygen atoms in total. The van der Waals surface area contributed by atoms with Crippen molar-refractivity contribution in [3.8, 4) is 0 Å². The monoisotopic (exact) mass is 264 g/mol. The Bertz CT molecular complexity index is 623. The number of benzene rings is 1. The van der Waals surface area contributed by atoms with Crippen molar-refractivity contribution < 1.29 is 13.9 Å². The first-order valence-electron chi connectivity index (χ1n) is 5.73. The number of allylic oxidation sites excluding steroid dienone is 1. The van der Waals surface area contributed by atoms with Crippen molar-refractivity contribution in [2.24, 2.45) is 0 Å². The van der Waals surface area contributed by atoms with Gasteiger partial charge in [-0.05, 0) is 13.0 Å². The Morgan fingerprint density at radius 2 is 2.42 bits per heavy atom. The molecule has 0 unspecified atom stereocenters. The molecule has 1 amide bonds. The number of carbonyl (C=O) groups excluding carboxylic acids is 1. The van der Waals surface area contributed by atoms with E-state index in [2.05, 4.69) is 22.2 Å². The summed E-state index contributed by atoms with van der Waals surface area (Å²) < 4.78 is 20.0. The Morgan fingerprint density at radius 3 is 3.11 bits per heavy atom. The lowest BCUT2D eigenvalue weighted by Crippen LogP contribution is -2.14. The van der Waals surface area contributed by atoms with Crippen LogP contribution in [0.15, 0.2) is 24.8 Å². The smallest absolute Gasteiger partial charge is 0.411 e. The number of aromatic nitrogens is 3. The summed E-state index contributed by atoms with van der Waals surface area (Å²) in [5.74, 6) is -0.591. The molecular weight excluding hydrogens is 251 g/mol. The second-order valence-electron chi connectivity index (χ2n) is 3.73. The van der Waals surface area contributed by atoms with Crippen LogP contribution in [-0.2, 0) is 11.3 Å². The molecule has 100 valence electrons. The molecule has 0 aliphatic rings. The Kier molecular flexibility index (Phi) is 3.74. The summed E-state index contributed by atoms with van der Waals surface area (Å²) in [6.07, 6.45) is 0.944. The first-order chi connectivity index (χ1) is 9.15. The molecule has 0 aliphatic carbocycles. The number of fused-ring (bicyclic) bond motifs is 1. The molecule has 1 heterocycles. The van der Waals surface area contributed by atoms with Crippen molar-refractivity contribution >= 4 is 22.8 Å². The predicted molar refractivity (Wildman–Crippen MR) is 68.3 cm³/mol. The molecule has 0 saturated carbocycles. The molecule has 1 N–H and O–H groups in total. The van der Waals surface area contributed by atoms with E-state index in [9.17, 15) is 9.18 Å². The summed E-state index contributed by atoms with van der Waals surface area (Å²) in [4.78, 5) is 11.3. The van der Waals surface area contributed by atoms with Gasteiger partial charge in [-0.1, -0.05) is 11.3 Å².